The molecule has 1 heterocycles. The van der Waals surface area contributed by atoms with E-state index in [4.69, 9.17) is 0 Å². The average molecular weight is 401 g/mol. The number of carbonyl (C=O) groups excluding carboxylic acids is 2. The summed E-state index contributed by atoms with van der Waals surface area (Å²) >= 11 is 0. The first-order valence-corrected chi connectivity index (χ1v) is 9.88. The maximum Gasteiger partial charge on any atom is 0.329 e. The number of rotatable bonds is 5. The number of amides is 3. The molecular formula is C24H23N3O3. The van der Waals surface area contributed by atoms with Gasteiger partial charge in [0.1, 0.15) is 0 Å². The summed E-state index contributed by atoms with van der Waals surface area (Å²) in [7, 11) is 0. The highest BCUT2D eigenvalue weighted by Crippen LogP contribution is 2.39. The van der Waals surface area contributed by atoms with E-state index >= 15 is 0 Å². The molecule has 0 bridgehead atoms. The van der Waals surface area contributed by atoms with Gasteiger partial charge in [-0.1, -0.05) is 67.6 Å². The number of hydrogen-bond donors (Lipinski definition) is 3. The van der Waals surface area contributed by atoms with Crippen LogP contribution in [0.15, 0.2) is 78.9 Å². The van der Waals surface area contributed by atoms with Gasteiger partial charge >= 0.3 is 6.03 Å². The lowest BCUT2D eigenvalue weighted by Gasteiger charge is -2.42. The van der Waals surface area contributed by atoms with Crippen molar-refractivity contribution in [3.05, 3.63) is 95.6 Å². The molecule has 0 unspecified atom stereocenters. The van der Waals surface area contributed by atoms with E-state index in [9.17, 15) is 14.7 Å². The summed E-state index contributed by atoms with van der Waals surface area (Å²) < 4.78 is 0. The number of urea groups is 1. The Bertz CT molecular complexity index is 1070. The average Bonchev–Trinajstić information content (AvgIpc) is 2.78. The number of anilines is 2. The third-order valence-electron chi connectivity index (χ3n) is 5.29. The van der Waals surface area contributed by atoms with Crippen molar-refractivity contribution in [3.63, 3.8) is 0 Å². The fourth-order valence-corrected chi connectivity index (χ4v) is 3.64. The van der Waals surface area contributed by atoms with Crippen LogP contribution in [0.25, 0.3) is 0 Å². The molecule has 1 aliphatic heterocycles. The Labute approximate surface area is 175 Å². The molecule has 0 saturated heterocycles. The molecule has 0 spiro atoms. The predicted octanol–water partition coefficient (Wildman–Crippen LogP) is 3.76. The van der Waals surface area contributed by atoms with E-state index in [-0.39, 0.29) is 6.54 Å². The zero-order valence-corrected chi connectivity index (χ0v) is 16.6. The molecule has 152 valence electrons. The van der Waals surface area contributed by atoms with Gasteiger partial charge in [0.2, 0.25) is 0 Å². The van der Waals surface area contributed by atoms with E-state index in [0.717, 1.165) is 22.4 Å². The second-order valence-electron chi connectivity index (χ2n) is 7.17. The Morgan fingerprint density at radius 1 is 0.967 bits per heavy atom. The number of fused-ring (bicyclic) bond motifs is 1. The summed E-state index contributed by atoms with van der Waals surface area (Å²) in [6.07, 6.45) is 0.844. The summed E-state index contributed by atoms with van der Waals surface area (Å²) in [4.78, 5) is 27.4. The highest BCUT2D eigenvalue weighted by atomic mass is 16.3. The molecule has 4 rings (SSSR count). The molecule has 6 heteroatoms. The topological polar surface area (TPSA) is 81.7 Å². The minimum Gasteiger partial charge on any atom is -0.359 e. The Hall–Kier alpha value is -3.64. The number of para-hydroxylation sites is 1. The smallest absolute Gasteiger partial charge is 0.329 e. The monoisotopic (exact) mass is 401 g/mol. The lowest BCUT2D eigenvalue weighted by Crippen LogP contribution is -2.62. The van der Waals surface area contributed by atoms with E-state index in [2.05, 4.69) is 10.6 Å². The van der Waals surface area contributed by atoms with Gasteiger partial charge in [-0.05, 0) is 35.7 Å². The van der Waals surface area contributed by atoms with Crippen LogP contribution in [0.3, 0.4) is 0 Å². The molecule has 6 nitrogen and oxygen atoms in total. The number of nitrogens with one attached hydrogen (secondary N) is 2. The second-order valence-corrected chi connectivity index (χ2v) is 7.17. The number of carbonyl (C=O) groups is 2. The van der Waals surface area contributed by atoms with Gasteiger partial charge in [0.15, 0.2) is 0 Å². The highest BCUT2D eigenvalue weighted by Gasteiger charge is 2.51. The summed E-state index contributed by atoms with van der Waals surface area (Å²) in [5.41, 5.74) is 0.935. The van der Waals surface area contributed by atoms with Crippen molar-refractivity contribution in [2.45, 2.75) is 25.6 Å². The van der Waals surface area contributed by atoms with E-state index in [0.29, 0.717) is 16.9 Å². The zero-order chi connectivity index (χ0) is 21.1. The van der Waals surface area contributed by atoms with Crippen molar-refractivity contribution in [2.24, 2.45) is 0 Å². The molecule has 0 fully saturated rings. The van der Waals surface area contributed by atoms with Gasteiger partial charge in [-0.3, -0.25) is 9.69 Å². The van der Waals surface area contributed by atoms with Crippen molar-refractivity contribution in [2.75, 3.05) is 10.2 Å². The lowest BCUT2D eigenvalue weighted by atomic mass is 9.94. The molecule has 3 amide bonds. The van der Waals surface area contributed by atoms with Crippen molar-refractivity contribution in [3.8, 4) is 0 Å². The van der Waals surface area contributed by atoms with Gasteiger partial charge in [0.05, 0.1) is 5.69 Å². The molecule has 3 aromatic carbocycles. The number of nitrogens with zero attached hydrogens (tertiary/aromatic N) is 1. The number of aliphatic hydroxyl groups is 1. The van der Waals surface area contributed by atoms with Crippen LogP contribution in [0.4, 0.5) is 16.2 Å². The molecule has 0 saturated carbocycles. The van der Waals surface area contributed by atoms with Crippen LogP contribution in [0, 0.1) is 0 Å². The summed E-state index contributed by atoms with van der Waals surface area (Å²) in [6.45, 7) is 2.26. The largest absolute Gasteiger partial charge is 0.359 e. The van der Waals surface area contributed by atoms with Gasteiger partial charge in [0.25, 0.3) is 11.6 Å². The number of hydrogen-bond acceptors (Lipinski definition) is 3. The molecule has 0 aromatic heterocycles. The molecular weight excluding hydrogens is 378 g/mol. The molecule has 3 N–H and O–H groups in total. The van der Waals surface area contributed by atoms with Crippen molar-refractivity contribution < 1.29 is 14.7 Å². The van der Waals surface area contributed by atoms with Gasteiger partial charge in [0, 0.05) is 17.8 Å². The first kappa shape index (κ1) is 19.7. The minimum absolute atomic E-state index is 0.231. The maximum absolute atomic E-state index is 13.3. The summed E-state index contributed by atoms with van der Waals surface area (Å²) in [6, 6.07) is 22.8. The fraction of sp³-hybridized carbons (Fsp3) is 0.167. The normalized spacial score (nSPS) is 17.8. The van der Waals surface area contributed by atoms with Crippen molar-refractivity contribution >= 4 is 23.3 Å². The van der Waals surface area contributed by atoms with Crippen LogP contribution in [0.5, 0.6) is 0 Å². The van der Waals surface area contributed by atoms with Crippen LogP contribution in [-0.4, -0.2) is 17.0 Å². The van der Waals surface area contributed by atoms with E-state index in [1.54, 1.807) is 36.4 Å². The third-order valence-corrected chi connectivity index (χ3v) is 5.29. The Morgan fingerprint density at radius 3 is 2.33 bits per heavy atom. The molecule has 1 atom stereocenters. The quantitative estimate of drug-likeness (QED) is 0.609. The van der Waals surface area contributed by atoms with Gasteiger partial charge < -0.3 is 15.7 Å². The minimum atomic E-state index is -2.19. The van der Waals surface area contributed by atoms with Gasteiger partial charge in [-0.15, -0.1) is 0 Å². The molecule has 0 radical (unpaired) electrons. The molecule has 30 heavy (non-hydrogen) atoms. The van der Waals surface area contributed by atoms with Crippen LogP contribution in [-0.2, 0) is 23.5 Å². The van der Waals surface area contributed by atoms with Crippen LogP contribution < -0.4 is 15.5 Å². The fourth-order valence-electron chi connectivity index (χ4n) is 3.64. The van der Waals surface area contributed by atoms with Crippen molar-refractivity contribution in [1.29, 1.82) is 0 Å². The first-order chi connectivity index (χ1) is 14.5. The van der Waals surface area contributed by atoms with E-state index < -0.39 is 17.7 Å². The Kier molecular flexibility index (Phi) is 5.25. The third kappa shape index (κ3) is 3.42. The van der Waals surface area contributed by atoms with Crippen molar-refractivity contribution in [1.82, 2.24) is 5.32 Å². The number of benzene rings is 3. The van der Waals surface area contributed by atoms with Gasteiger partial charge in [-0.2, -0.15) is 0 Å². The maximum atomic E-state index is 13.3. The van der Waals surface area contributed by atoms with Gasteiger partial charge in [-0.25, -0.2) is 4.79 Å². The standard InChI is InChI=1S/C24H23N3O3/c1-2-17-12-14-19(15-13-17)27-23(29)26-21-11-7-6-10-20(21)24(27,30)22(28)25-16-18-8-4-3-5-9-18/h3-15,30H,2,16H2,1H3,(H,25,28)(H,26,29)/t24-/m1/s1. The highest BCUT2D eigenvalue weighted by molar-refractivity contribution is 6.11. The van der Waals surface area contributed by atoms with Crippen LogP contribution in [0.2, 0.25) is 0 Å². The van der Waals surface area contributed by atoms with E-state index in [1.165, 1.54) is 0 Å². The van der Waals surface area contributed by atoms with E-state index in [1.807, 2.05) is 49.4 Å². The Morgan fingerprint density at radius 2 is 1.63 bits per heavy atom. The number of aryl methyl sites for hydroxylation is 1. The first-order valence-electron chi connectivity index (χ1n) is 9.88. The molecule has 0 aliphatic carbocycles. The summed E-state index contributed by atoms with van der Waals surface area (Å²) in [5, 5.41) is 17.3. The zero-order valence-electron chi connectivity index (χ0n) is 16.6. The molecule has 1 aliphatic rings. The van der Waals surface area contributed by atoms with Crippen LogP contribution >= 0.6 is 0 Å². The predicted molar refractivity (Wildman–Crippen MR) is 116 cm³/mol. The summed E-state index contributed by atoms with van der Waals surface area (Å²) in [5.74, 6) is -0.673. The SMILES string of the molecule is CCc1ccc(N2C(=O)Nc3ccccc3[C@@]2(O)C(=O)NCc2ccccc2)cc1. The second kappa shape index (κ2) is 8.00. The Balaban J connectivity index is 1.75. The lowest BCUT2D eigenvalue weighted by molar-refractivity contribution is -0.140. The van der Waals surface area contributed by atoms with Crippen LogP contribution in [0.1, 0.15) is 23.6 Å². The molecule has 3 aromatic rings.